The highest BCUT2D eigenvalue weighted by Crippen LogP contribution is 2.11. The fraction of sp³-hybridized carbons (Fsp3) is 1.00. The molecule has 1 aliphatic rings. The molecule has 0 aromatic carbocycles. The van der Waals surface area contributed by atoms with Crippen LogP contribution in [0.15, 0.2) is 0 Å². The molecule has 1 heterocycles. The molecule has 1 rings (SSSR count). The number of nitrogens with one attached hydrogen (secondary N) is 2. The SMILES string of the molecule is CCC(CO)(CO)NC1CCNC1. The molecule has 1 aliphatic heterocycles. The Hall–Kier alpha value is -0.160. The van der Waals surface area contributed by atoms with E-state index in [0.717, 1.165) is 25.9 Å². The Kier molecular flexibility index (Phi) is 4.12. The summed E-state index contributed by atoms with van der Waals surface area (Å²) in [5, 5.41) is 24.9. The molecule has 13 heavy (non-hydrogen) atoms. The molecule has 4 N–H and O–H groups in total. The molecule has 0 bridgehead atoms. The van der Waals surface area contributed by atoms with Crippen LogP contribution in [0.4, 0.5) is 0 Å². The molecule has 0 radical (unpaired) electrons. The molecule has 1 atom stereocenters. The minimum absolute atomic E-state index is 0.00347. The van der Waals surface area contributed by atoms with E-state index in [9.17, 15) is 10.2 Å². The molecule has 0 aliphatic carbocycles. The van der Waals surface area contributed by atoms with Gasteiger partial charge in [-0.15, -0.1) is 0 Å². The number of hydrogen-bond donors (Lipinski definition) is 4. The topological polar surface area (TPSA) is 64.5 Å². The highest BCUT2D eigenvalue weighted by Gasteiger charge is 2.30. The van der Waals surface area contributed by atoms with Crippen LogP contribution in [0.3, 0.4) is 0 Å². The fourth-order valence-electron chi connectivity index (χ4n) is 1.68. The van der Waals surface area contributed by atoms with Crippen molar-refractivity contribution in [3.8, 4) is 0 Å². The van der Waals surface area contributed by atoms with E-state index in [1.807, 2.05) is 6.92 Å². The lowest BCUT2D eigenvalue weighted by Crippen LogP contribution is -2.55. The van der Waals surface area contributed by atoms with E-state index in [0.29, 0.717) is 6.04 Å². The summed E-state index contributed by atoms with van der Waals surface area (Å²) < 4.78 is 0. The lowest BCUT2D eigenvalue weighted by molar-refractivity contribution is 0.0794. The minimum Gasteiger partial charge on any atom is -0.394 e. The van der Waals surface area contributed by atoms with Crippen molar-refractivity contribution < 1.29 is 10.2 Å². The van der Waals surface area contributed by atoms with Gasteiger partial charge in [0.15, 0.2) is 0 Å². The maximum absolute atomic E-state index is 9.19. The third-order valence-corrected chi connectivity index (χ3v) is 2.85. The van der Waals surface area contributed by atoms with Crippen molar-refractivity contribution in [1.29, 1.82) is 0 Å². The monoisotopic (exact) mass is 188 g/mol. The molecule has 4 heteroatoms. The van der Waals surface area contributed by atoms with Crippen molar-refractivity contribution in [1.82, 2.24) is 10.6 Å². The van der Waals surface area contributed by atoms with Gasteiger partial charge in [0.2, 0.25) is 0 Å². The van der Waals surface area contributed by atoms with E-state index < -0.39 is 5.54 Å². The fourth-order valence-corrected chi connectivity index (χ4v) is 1.68. The summed E-state index contributed by atoms with van der Waals surface area (Å²) >= 11 is 0. The summed E-state index contributed by atoms with van der Waals surface area (Å²) in [5.74, 6) is 0. The summed E-state index contributed by atoms with van der Waals surface area (Å²) in [6, 6.07) is 0.388. The van der Waals surface area contributed by atoms with Crippen LogP contribution < -0.4 is 10.6 Å². The zero-order valence-electron chi connectivity index (χ0n) is 8.21. The largest absolute Gasteiger partial charge is 0.394 e. The van der Waals surface area contributed by atoms with Crippen LogP contribution >= 0.6 is 0 Å². The molecule has 4 nitrogen and oxygen atoms in total. The molecule has 78 valence electrons. The van der Waals surface area contributed by atoms with Gasteiger partial charge >= 0.3 is 0 Å². The van der Waals surface area contributed by atoms with Crippen molar-refractivity contribution in [3.05, 3.63) is 0 Å². The van der Waals surface area contributed by atoms with Gasteiger partial charge < -0.3 is 20.8 Å². The molecular formula is C9H20N2O2. The van der Waals surface area contributed by atoms with E-state index in [2.05, 4.69) is 10.6 Å². The highest BCUT2D eigenvalue weighted by atomic mass is 16.3. The maximum Gasteiger partial charge on any atom is 0.0648 e. The Morgan fingerprint density at radius 3 is 2.54 bits per heavy atom. The van der Waals surface area contributed by atoms with Crippen molar-refractivity contribution in [2.45, 2.75) is 31.3 Å². The van der Waals surface area contributed by atoms with Gasteiger partial charge in [-0.2, -0.15) is 0 Å². The van der Waals surface area contributed by atoms with Gasteiger partial charge in [0.1, 0.15) is 0 Å². The molecular weight excluding hydrogens is 168 g/mol. The van der Waals surface area contributed by atoms with Gasteiger partial charge in [-0.05, 0) is 19.4 Å². The Bertz CT molecular complexity index is 134. The van der Waals surface area contributed by atoms with Gasteiger partial charge in [0.05, 0.1) is 18.8 Å². The van der Waals surface area contributed by atoms with Gasteiger partial charge in [0.25, 0.3) is 0 Å². The molecule has 0 aromatic heterocycles. The van der Waals surface area contributed by atoms with Crippen LogP contribution in [0.25, 0.3) is 0 Å². The molecule has 0 aromatic rings. The third-order valence-electron chi connectivity index (χ3n) is 2.85. The maximum atomic E-state index is 9.19. The van der Waals surface area contributed by atoms with E-state index in [4.69, 9.17) is 0 Å². The van der Waals surface area contributed by atoms with Crippen LogP contribution in [0.5, 0.6) is 0 Å². The summed E-state index contributed by atoms with van der Waals surface area (Å²) in [6.45, 7) is 3.92. The summed E-state index contributed by atoms with van der Waals surface area (Å²) in [5.41, 5.74) is -0.489. The first-order valence-corrected chi connectivity index (χ1v) is 4.96. The van der Waals surface area contributed by atoms with Gasteiger partial charge in [-0.25, -0.2) is 0 Å². The normalized spacial score (nSPS) is 23.8. The first-order chi connectivity index (χ1) is 6.26. The Morgan fingerprint density at radius 1 is 1.46 bits per heavy atom. The number of rotatable bonds is 5. The summed E-state index contributed by atoms with van der Waals surface area (Å²) in [4.78, 5) is 0. The molecule has 1 saturated heterocycles. The zero-order chi connectivity index (χ0) is 9.73. The predicted molar refractivity (Wildman–Crippen MR) is 51.6 cm³/mol. The van der Waals surface area contributed by atoms with Crippen molar-refractivity contribution in [3.63, 3.8) is 0 Å². The highest BCUT2D eigenvalue weighted by molar-refractivity contribution is 4.91. The Balaban J connectivity index is 2.44. The van der Waals surface area contributed by atoms with E-state index >= 15 is 0 Å². The molecule has 0 spiro atoms. The molecule has 1 unspecified atom stereocenters. The quantitative estimate of drug-likeness (QED) is 0.450. The van der Waals surface area contributed by atoms with Crippen LogP contribution in [0, 0.1) is 0 Å². The summed E-state index contributed by atoms with van der Waals surface area (Å²) in [6.07, 6.45) is 1.82. The van der Waals surface area contributed by atoms with Crippen LogP contribution in [0.1, 0.15) is 19.8 Å². The molecule has 1 fully saturated rings. The van der Waals surface area contributed by atoms with Crippen LogP contribution in [0.2, 0.25) is 0 Å². The number of hydrogen-bond acceptors (Lipinski definition) is 4. The second-order valence-corrected chi connectivity index (χ2v) is 3.78. The smallest absolute Gasteiger partial charge is 0.0648 e. The predicted octanol–water partition coefficient (Wildman–Crippen LogP) is -0.929. The van der Waals surface area contributed by atoms with E-state index in [1.165, 1.54) is 0 Å². The lowest BCUT2D eigenvalue weighted by atomic mass is 9.97. The van der Waals surface area contributed by atoms with Crippen LogP contribution in [-0.4, -0.2) is 48.1 Å². The third kappa shape index (κ3) is 2.64. The number of aliphatic hydroxyl groups is 2. The average Bonchev–Trinajstić information content (AvgIpc) is 2.67. The first-order valence-electron chi connectivity index (χ1n) is 4.96. The van der Waals surface area contributed by atoms with E-state index in [1.54, 1.807) is 0 Å². The molecule has 0 amide bonds. The standard InChI is InChI=1S/C9H20N2O2/c1-2-9(6-12,7-13)11-8-3-4-10-5-8/h8,10-13H,2-7H2,1H3. The van der Waals surface area contributed by atoms with Gasteiger partial charge in [-0.3, -0.25) is 0 Å². The zero-order valence-corrected chi connectivity index (χ0v) is 8.21. The summed E-state index contributed by atoms with van der Waals surface area (Å²) in [7, 11) is 0. The first kappa shape index (κ1) is 10.9. The Labute approximate surface area is 79.3 Å². The number of aliphatic hydroxyl groups excluding tert-OH is 2. The lowest BCUT2D eigenvalue weighted by Gasteiger charge is -2.32. The van der Waals surface area contributed by atoms with Crippen molar-refractivity contribution in [2.24, 2.45) is 0 Å². The van der Waals surface area contributed by atoms with Crippen molar-refractivity contribution >= 4 is 0 Å². The molecule has 0 saturated carbocycles. The van der Waals surface area contributed by atoms with Crippen LogP contribution in [-0.2, 0) is 0 Å². The second-order valence-electron chi connectivity index (χ2n) is 3.78. The second kappa shape index (κ2) is 4.91. The van der Waals surface area contributed by atoms with Gasteiger partial charge in [0, 0.05) is 12.6 Å². The minimum atomic E-state index is -0.489. The van der Waals surface area contributed by atoms with E-state index in [-0.39, 0.29) is 13.2 Å². The Morgan fingerprint density at radius 2 is 2.15 bits per heavy atom. The van der Waals surface area contributed by atoms with Crippen molar-refractivity contribution in [2.75, 3.05) is 26.3 Å². The van der Waals surface area contributed by atoms with Gasteiger partial charge in [-0.1, -0.05) is 6.92 Å². The average molecular weight is 188 g/mol.